The average Bonchev–Trinajstić information content (AvgIpc) is 3.26. The van der Waals surface area contributed by atoms with Crippen LogP contribution < -0.4 is 0 Å². The summed E-state index contributed by atoms with van der Waals surface area (Å²) in [6.07, 6.45) is 0. The van der Waals surface area contributed by atoms with Gasteiger partial charge in [-0.05, 0) is 66.5 Å². The quantitative estimate of drug-likeness (QED) is 0.193. The van der Waals surface area contributed by atoms with E-state index in [1.807, 2.05) is 60.7 Å². The number of hydrogen-bond acceptors (Lipinski definition) is 5. The van der Waals surface area contributed by atoms with Crippen LogP contribution in [0.5, 0.6) is 0 Å². The van der Waals surface area contributed by atoms with Crippen molar-refractivity contribution in [2.75, 3.05) is 13.2 Å². The van der Waals surface area contributed by atoms with Crippen LogP contribution in [0.15, 0.2) is 60.7 Å². The minimum absolute atomic E-state index is 0.0201. The van der Waals surface area contributed by atoms with Crippen LogP contribution in [-0.4, -0.2) is 46.3 Å². The van der Waals surface area contributed by atoms with Crippen molar-refractivity contribution in [3.63, 3.8) is 0 Å². The summed E-state index contributed by atoms with van der Waals surface area (Å²) >= 11 is 5.44. The lowest BCUT2D eigenvalue weighted by atomic mass is 9.84. The number of hydrogen-bond donors (Lipinski definition) is 0. The van der Waals surface area contributed by atoms with Gasteiger partial charge in [-0.3, -0.25) is 0 Å². The molecule has 1 aliphatic heterocycles. The van der Waals surface area contributed by atoms with Gasteiger partial charge in [-0.2, -0.15) is 0 Å². The third-order valence-corrected chi connectivity index (χ3v) is 17.5. The zero-order chi connectivity index (χ0) is 29.9. The Morgan fingerprint density at radius 3 is 1.75 bits per heavy atom. The molecular weight excluding hydrogens is 549 g/mol. The van der Waals surface area contributed by atoms with Gasteiger partial charge in [0, 0.05) is 23.3 Å². The van der Waals surface area contributed by atoms with Crippen molar-refractivity contribution in [3.8, 4) is 23.7 Å². The standard InChI is InChI=1S/C33H44O4SSi2/c1-30(2,3)39(7,8)35-26-33(37-40(9,10)31(4,5)6,24-22-28-19-15-12-16-20-28)32(25-34-29(38)36-32)23-21-27-17-13-11-14-18-27/h11-20H,25-26H2,1-10H3/t32-,33+/m0/s1. The Kier molecular flexibility index (Phi) is 9.51. The molecule has 0 radical (unpaired) electrons. The van der Waals surface area contributed by atoms with Crippen molar-refractivity contribution in [3.05, 3.63) is 71.8 Å². The lowest BCUT2D eigenvalue weighted by Crippen LogP contribution is -2.65. The molecule has 1 aliphatic rings. The van der Waals surface area contributed by atoms with Gasteiger partial charge in [-0.15, -0.1) is 0 Å². The molecule has 2 atom stereocenters. The summed E-state index contributed by atoms with van der Waals surface area (Å²) in [7, 11) is -4.72. The summed E-state index contributed by atoms with van der Waals surface area (Å²) in [5.41, 5.74) is -0.875. The van der Waals surface area contributed by atoms with E-state index in [1.165, 1.54) is 0 Å². The fourth-order valence-corrected chi connectivity index (χ4v) is 6.24. The number of benzene rings is 2. The molecular formula is C33H44O4SSi2. The van der Waals surface area contributed by atoms with Crippen molar-refractivity contribution < 1.29 is 18.3 Å². The number of ether oxygens (including phenoxy) is 2. The topological polar surface area (TPSA) is 36.9 Å². The summed E-state index contributed by atoms with van der Waals surface area (Å²) in [5.74, 6) is 13.6. The number of thiocarbonyl (C=S) groups is 1. The SMILES string of the molecule is CC(C)(C)[Si](C)(C)OC[C@@](C#Cc1ccccc1)(O[Si](C)(C)C(C)(C)C)[C@]1(C#Cc2ccccc2)COC(=S)O1. The first-order valence-corrected chi connectivity index (χ1v) is 20.0. The number of rotatable bonds is 6. The Morgan fingerprint density at radius 1 is 0.800 bits per heavy atom. The molecule has 1 fully saturated rings. The summed E-state index contributed by atoms with van der Waals surface area (Å²) < 4.78 is 26.5. The molecule has 0 saturated carbocycles. The van der Waals surface area contributed by atoms with Crippen molar-refractivity contribution >= 4 is 34.1 Å². The molecule has 0 spiro atoms. The van der Waals surface area contributed by atoms with E-state index in [2.05, 4.69) is 91.4 Å². The zero-order valence-electron chi connectivity index (χ0n) is 25.7. The largest absolute Gasteiger partial charge is 0.451 e. The minimum atomic E-state index is -2.48. The fraction of sp³-hybridized carbons (Fsp3) is 0.485. The highest BCUT2D eigenvalue weighted by atomic mass is 32.1. The molecule has 1 saturated heterocycles. The van der Waals surface area contributed by atoms with Gasteiger partial charge < -0.3 is 18.3 Å². The lowest BCUT2D eigenvalue weighted by Gasteiger charge is -2.49. The van der Waals surface area contributed by atoms with Gasteiger partial charge in [-0.25, -0.2) is 0 Å². The van der Waals surface area contributed by atoms with Crippen molar-refractivity contribution in [2.24, 2.45) is 0 Å². The second kappa shape index (κ2) is 11.8. The molecule has 7 heteroatoms. The highest BCUT2D eigenvalue weighted by Gasteiger charge is 2.62. The maximum absolute atomic E-state index is 7.34. The summed E-state index contributed by atoms with van der Waals surface area (Å²) in [6.45, 7) is 22.4. The third kappa shape index (κ3) is 7.27. The second-order valence-electron chi connectivity index (χ2n) is 13.4. The van der Waals surface area contributed by atoms with Gasteiger partial charge in [0.2, 0.25) is 5.60 Å². The van der Waals surface area contributed by atoms with Gasteiger partial charge in [0.05, 0.1) is 6.61 Å². The average molecular weight is 593 g/mol. The minimum Gasteiger partial charge on any atom is -0.451 e. The van der Waals surface area contributed by atoms with Crippen LogP contribution in [0.25, 0.3) is 0 Å². The van der Waals surface area contributed by atoms with Crippen LogP contribution in [0.1, 0.15) is 52.7 Å². The summed E-state index contributed by atoms with van der Waals surface area (Å²) in [6, 6.07) is 19.7. The molecule has 2 aromatic rings. The van der Waals surface area contributed by atoms with Crippen LogP contribution in [0.3, 0.4) is 0 Å². The van der Waals surface area contributed by atoms with E-state index < -0.39 is 27.8 Å². The molecule has 0 unspecified atom stereocenters. The molecule has 4 nitrogen and oxygen atoms in total. The van der Waals surface area contributed by atoms with E-state index in [0.717, 1.165) is 11.1 Å². The molecule has 3 rings (SSSR count). The molecule has 214 valence electrons. The molecule has 0 amide bonds. The first kappa shape index (κ1) is 32.1. The molecule has 40 heavy (non-hydrogen) atoms. The summed E-state index contributed by atoms with van der Waals surface area (Å²) in [5, 5.41) is -0.0924. The predicted molar refractivity (Wildman–Crippen MR) is 173 cm³/mol. The molecule has 1 heterocycles. The van der Waals surface area contributed by atoms with Crippen molar-refractivity contribution in [2.45, 2.75) is 89.0 Å². The molecule has 2 aromatic carbocycles. The van der Waals surface area contributed by atoms with Crippen molar-refractivity contribution in [1.29, 1.82) is 0 Å². The molecule has 0 aliphatic carbocycles. The van der Waals surface area contributed by atoms with E-state index >= 15 is 0 Å². The van der Waals surface area contributed by atoms with Gasteiger partial charge in [0.15, 0.2) is 22.2 Å². The second-order valence-corrected chi connectivity index (χ2v) is 23.3. The first-order chi connectivity index (χ1) is 18.4. The fourth-order valence-electron chi connectivity index (χ4n) is 3.59. The molecule has 0 N–H and O–H groups in total. The van der Waals surface area contributed by atoms with Crippen LogP contribution in [-0.2, 0) is 18.3 Å². The van der Waals surface area contributed by atoms with Crippen molar-refractivity contribution in [1.82, 2.24) is 0 Å². The van der Waals surface area contributed by atoms with Gasteiger partial charge in [-0.1, -0.05) is 95.7 Å². The Labute approximate surface area is 249 Å². The van der Waals surface area contributed by atoms with Crippen LogP contribution >= 0.6 is 12.2 Å². The maximum atomic E-state index is 7.34. The molecule has 0 aromatic heterocycles. The first-order valence-electron chi connectivity index (χ1n) is 13.8. The lowest BCUT2D eigenvalue weighted by molar-refractivity contribution is -0.0707. The third-order valence-electron chi connectivity index (χ3n) is 8.35. The summed E-state index contributed by atoms with van der Waals surface area (Å²) in [4.78, 5) is 0. The predicted octanol–water partition coefficient (Wildman–Crippen LogP) is 7.94. The van der Waals surface area contributed by atoms with E-state index in [1.54, 1.807) is 0 Å². The highest BCUT2D eigenvalue weighted by molar-refractivity contribution is 7.79. The highest BCUT2D eigenvalue weighted by Crippen LogP contribution is 2.46. The van der Waals surface area contributed by atoms with Gasteiger partial charge >= 0.3 is 5.24 Å². The Morgan fingerprint density at radius 2 is 1.30 bits per heavy atom. The maximum Gasteiger partial charge on any atom is 0.354 e. The van der Waals surface area contributed by atoms with Crippen LogP contribution in [0.2, 0.25) is 36.3 Å². The van der Waals surface area contributed by atoms with Crippen LogP contribution in [0.4, 0.5) is 0 Å². The molecule has 0 bridgehead atoms. The van der Waals surface area contributed by atoms with E-state index in [9.17, 15) is 0 Å². The smallest absolute Gasteiger partial charge is 0.354 e. The van der Waals surface area contributed by atoms with Crippen LogP contribution in [0, 0.1) is 23.7 Å². The van der Waals surface area contributed by atoms with E-state index in [0.29, 0.717) is 0 Å². The van der Waals surface area contributed by atoms with E-state index in [-0.39, 0.29) is 28.5 Å². The van der Waals surface area contributed by atoms with E-state index in [4.69, 9.17) is 30.5 Å². The zero-order valence-corrected chi connectivity index (χ0v) is 28.5. The Hall–Kier alpha value is -2.40. The van der Waals surface area contributed by atoms with Gasteiger partial charge in [0.1, 0.15) is 6.61 Å². The Bertz CT molecular complexity index is 1310. The normalized spacial score (nSPS) is 19.3. The van der Waals surface area contributed by atoms with Gasteiger partial charge in [0.25, 0.3) is 0 Å². The monoisotopic (exact) mass is 592 g/mol. The Balaban J connectivity index is 2.32.